The number of fused-ring (bicyclic) bond motifs is 1. The van der Waals surface area contributed by atoms with E-state index >= 15 is 0 Å². The van der Waals surface area contributed by atoms with Crippen molar-refractivity contribution in [1.82, 2.24) is 14.7 Å². The first-order valence-corrected chi connectivity index (χ1v) is 9.31. The number of aromatic nitrogens is 2. The Kier molecular flexibility index (Phi) is 5.05. The van der Waals surface area contributed by atoms with Gasteiger partial charge in [-0.2, -0.15) is 0 Å². The van der Waals surface area contributed by atoms with Crippen molar-refractivity contribution in [2.24, 2.45) is 0 Å². The molecule has 5 heteroatoms. The second kappa shape index (κ2) is 7.04. The van der Waals surface area contributed by atoms with Gasteiger partial charge in [-0.15, -0.1) is 0 Å². The van der Waals surface area contributed by atoms with E-state index in [1.165, 1.54) is 32.1 Å². The second-order valence-electron chi connectivity index (χ2n) is 6.60. The lowest BCUT2D eigenvalue weighted by Gasteiger charge is -2.21. The van der Waals surface area contributed by atoms with Gasteiger partial charge in [0.15, 0.2) is 0 Å². The van der Waals surface area contributed by atoms with Gasteiger partial charge in [0.1, 0.15) is 11.3 Å². The molecule has 0 bridgehead atoms. The first kappa shape index (κ1) is 16.5. The van der Waals surface area contributed by atoms with Crippen molar-refractivity contribution in [2.45, 2.75) is 64.8 Å². The Morgan fingerprint density at radius 3 is 2.57 bits per heavy atom. The maximum absolute atomic E-state index is 12.8. The van der Waals surface area contributed by atoms with Gasteiger partial charge in [0, 0.05) is 16.7 Å². The van der Waals surface area contributed by atoms with Crippen molar-refractivity contribution in [2.75, 3.05) is 0 Å². The lowest BCUT2D eigenvalue weighted by Crippen LogP contribution is -2.36. The fourth-order valence-electron chi connectivity index (χ4n) is 3.51. The summed E-state index contributed by atoms with van der Waals surface area (Å²) in [6.45, 7) is 3.93. The summed E-state index contributed by atoms with van der Waals surface area (Å²) < 4.78 is 2.87. The zero-order valence-corrected chi connectivity index (χ0v) is 15.4. The van der Waals surface area contributed by atoms with Crippen molar-refractivity contribution in [1.29, 1.82) is 0 Å². The number of nitrogens with one attached hydrogen (secondary N) is 1. The molecule has 23 heavy (non-hydrogen) atoms. The number of carbonyl (C=O) groups excluding carboxylic acids is 1. The van der Waals surface area contributed by atoms with Crippen LogP contribution in [-0.2, 0) is 0 Å². The van der Waals surface area contributed by atoms with E-state index in [1.807, 2.05) is 30.5 Å². The highest BCUT2D eigenvalue weighted by Crippen LogP contribution is 2.22. The third-order valence-electron chi connectivity index (χ3n) is 4.70. The van der Waals surface area contributed by atoms with Gasteiger partial charge < -0.3 is 5.32 Å². The average Bonchev–Trinajstić information content (AvgIpc) is 2.78. The third-order valence-corrected chi connectivity index (χ3v) is 5.13. The standard InChI is InChI=1S/C18H24BrN3O/c1-12-10-14(19)11-22-16(13(2)20-17(12)22)18(23)21-15-8-6-4-3-5-7-9-15/h10-11,15H,3-9H2,1-2H3,(H,21,23). The Morgan fingerprint density at radius 1 is 1.22 bits per heavy atom. The topological polar surface area (TPSA) is 46.4 Å². The largest absolute Gasteiger partial charge is 0.348 e. The first-order chi connectivity index (χ1) is 11.1. The first-order valence-electron chi connectivity index (χ1n) is 8.52. The molecule has 2 aromatic rings. The number of halogens is 1. The molecule has 0 aliphatic heterocycles. The third kappa shape index (κ3) is 3.60. The van der Waals surface area contributed by atoms with Crippen molar-refractivity contribution in [3.8, 4) is 0 Å². The van der Waals surface area contributed by atoms with Gasteiger partial charge in [0.25, 0.3) is 5.91 Å². The molecule has 0 saturated heterocycles. The number of pyridine rings is 1. The zero-order valence-electron chi connectivity index (χ0n) is 13.9. The van der Waals surface area contributed by atoms with Crippen LogP contribution in [0.2, 0.25) is 0 Å². The number of aryl methyl sites for hydroxylation is 2. The lowest BCUT2D eigenvalue weighted by atomic mass is 9.96. The molecular formula is C18H24BrN3O. The molecule has 1 saturated carbocycles. The van der Waals surface area contributed by atoms with Crippen LogP contribution in [0.5, 0.6) is 0 Å². The Bertz CT molecular complexity index is 715. The summed E-state index contributed by atoms with van der Waals surface area (Å²) in [5.41, 5.74) is 3.36. The van der Waals surface area contributed by atoms with E-state index in [0.29, 0.717) is 11.7 Å². The number of imidazole rings is 1. The highest BCUT2D eigenvalue weighted by atomic mass is 79.9. The summed E-state index contributed by atoms with van der Waals surface area (Å²) in [6, 6.07) is 2.32. The number of carbonyl (C=O) groups is 1. The summed E-state index contributed by atoms with van der Waals surface area (Å²) in [5, 5.41) is 3.25. The fourth-order valence-corrected chi connectivity index (χ4v) is 4.06. The molecule has 1 fully saturated rings. The maximum Gasteiger partial charge on any atom is 0.270 e. The Hall–Kier alpha value is -1.36. The molecule has 124 valence electrons. The summed E-state index contributed by atoms with van der Waals surface area (Å²) in [6.07, 6.45) is 10.4. The molecule has 0 radical (unpaired) electrons. The van der Waals surface area contributed by atoms with Gasteiger partial charge in [-0.1, -0.05) is 32.1 Å². The minimum Gasteiger partial charge on any atom is -0.348 e. The van der Waals surface area contributed by atoms with Crippen LogP contribution < -0.4 is 5.32 Å². The fraction of sp³-hybridized carbons (Fsp3) is 0.556. The number of hydrogen-bond acceptors (Lipinski definition) is 2. The van der Waals surface area contributed by atoms with Crippen LogP contribution in [0.25, 0.3) is 5.65 Å². The molecule has 1 aliphatic carbocycles. The summed E-state index contributed by atoms with van der Waals surface area (Å²) in [5.74, 6) is -0.00178. The zero-order chi connectivity index (χ0) is 16.4. The molecule has 1 N–H and O–H groups in total. The highest BCUT2D eigenvalue weighted by molar-refractivity contribution is 9.10. The van der Waals surface area contributed by atoms with Crippen molar-refractivity contribution >= 4 is 27.5 Å². The highest BCUT2D eigenvalue weighted by Gasteiger charge is 2.21. The van der Waals surface area contributed by atoms with E-state index in [2.05, 4.69) is 26.2 Å². The lowest BCUT2D eigenvalue weighted by molar-refractivity contribution is 0.0924. The van der Waals surface area contributed by atoms with Crippen LogP contribution in [0.15, 0.2) is 16.7 Å². The molecule has 0 aromatic carbocycles. The van der Waals surface area contributed by atoms with E-state index in [9.17, 15) is 4.79 Å². The van der Waals surface area contributed by atoms with E-state index in [4.69, 9.17) is 0 Å². The summed E-state index contributed by atoms with van der Waals surface area (Å²) in [4.78, 5) is 17.4. The number of rotatable bonds is 2. The van der Waals surface area contributed by atoms with Gasteiger partial charge in [-0.05, 0) is 54.2 Å². The van der Waals surface area contributed by atoms with Gasteiger partial charge in [-0.3, -0.25) is 9.20 Å². The summed E-state index contributed by atoms with van der Waals surface area (Å²) >= 11 is 3.51. The molecule has 2 heterocycles. The summed E-state index contributed by atoms with van der Waals surface area (Å²) in [7, 11) is 0. The quantitative estimate of drug-likeness (QED) is 0.833. The van der Waals surface area contributed by atoms with Crippen LogP contribution in [0.4, 0.5) is 0 Å². The number of nitrogens with zero attached hydrogens (tertiary/aromatic N) is 2. The second-order valence-corrected chi connectivity index (χ2v) is 7.51. The molecular weight excluding hydrogens is 354 g/mol. The molecule has 0 spiro atoms. The van der Waals surface area contributed by atoms with Crippen LogP contribution in [0.3, 0.4) is 0 Å². The molecule has 3 rings (SSSR count). The molecule has 0 atom stereocenters. The van der Waals surface area contributed by atoms with Crippen molar-refractivity contribution in [3.05, 3.63) is 33.7 Å². The minimum atomic E-state index is -0.00178. The SMILES string of the molecule is Cc1nc2c(C)cc(Br)cn2c1C(=O)NC1CCCCCCC1. The number of amides is 1. The molecule has 2 aromatic heterocycles. The van der Waals surface area contributed by atoms with Crippen LogP contribution in [0.1, 0.15) is 66.7 Å². The van der Waals surface area contributed by atoms with Crippen LogP contribution in [0, 0.1) is 13.8 Å². The molecule has 1 amide bonds. The smallest absolute Gasteiger partial charge is 0.270 e. The molecule has 4 nitrogen and oxygen atoms in total. The van der Waals surface area contributed by atoms with E-state index < -0.39 is 0 Å². The van der Waals surface area contributed by atoms with Crippen molar-refractivity contribution in [3.63, 3.8) is 0 Å². The maximum atomic E-state index is 12.8. The van der Waals surface area contributed by atoms with Gasteiger partial charge in [-0.25, -0.2) is 4.98 Å². The van der Waals surface area contributed by atoms with Gasteiger partial charge in [0.2, 0.25) is 0 Å². The van der Waals surface area contributed by atoms with E-state index in [0.717, 1.165) is 34.2 Å². The van der Waals surface area contributed by atoms with E-state index in [-0.39, 0.29) is 5.91 Å². The van der Waals surface area contributed by atoms with Crippen LogP contribution in [-0.4, -0.2) is 21.3 Å². The average molecular weight is 378 g/mol. The van der Waals surface area contributed by atoms with Gasteiger partial charge in [0.05, 0.1) is 5.69 Å². The predicted molar refractivity (Wildman–Crippen MR) is 95.9 cm³/mol. The Balaban J connectivity index is 1.87. The predicted octanol–water partition coefficient (Wildman–Crippen LogP) is 4.56. The van der Waals surface area contributed by atoms with Crippen LogP contribution >= 0.6 is 15.9 Å². The normalized spacial score (nSPS) is 17.0. The van der Waals surface area contributed by atoms with Gasteiger partial charge >= 0.3 is 0 Å². The Morgan fingerprint density at radius 2 is 1.87 bits per heavy atom. The van der Waals surface area contributed by atoms with Crippen molar-refractivity contribution < 1.29 is 4.79 Å². The molecule has 1 aliphatic rings. The van der Waals surface area contributed by atoms with E-state index in [1.54, 1.807) is 0 Å². The number of hydrogen-bond donors (Lipinski definition) is 1. The Labute approximate surface area is 145 Å². The molecule has 0 unspecified atom stereocenters. The minimum absolute atomic E-state index is 0.00178. The monoisotopic (exact) mass is 377 g/mol.